The van der Waals surface area contributed by atoms with Gasteiger partial charge < -0.3 is 10.2 Å². The van der Waals surface area contributed by atoms with E-state index in [0.29, 0.717) is 6.42 Å². The minimum Gasteiger partial charge on any atom is -0.393 e. The summed E-state index contributed by atoms with van der Waals surface area (Å²) < 4.78 is 0. The Labute approximate surface area is 55.8 Å². The molecular formula is C7H14O2. The largest absolute Gasteiger partial charge is 0.393 e. The maximum absolute atomic E-state index is 9.15. The molecule has 0 saturated heterocycles. The van der Waals surface area contributed by atoms with Crippen LogP contribution in [0.2, 0.25) is 0 Å². The number of hydrogen-bond acceptors (Lipinski definition) is 2. The summed E-state index contributed by atoms with van der Waals surface area (Å²) in [5.74, 6) is 0. The molecule has 0 bridgehead atoms. The van der Waals surface area contributed by atoms with Crippen molar-refractivity contribution >= 4 is 0 Å². The molecule has 2 N–H and O–H groups in total. The van der Waals surface area contributed by atoms with E-state index in [1.807, 2.05) is 19.1 Å². The fourth-order valence-electron chi connectivity index (χ4n) is 0.436. The standard InChI is InChI=1S/C7H14O2/c1-3-4-5-7(2,9)6-8/h3-4,8-9H,5-6H2,1-2H3. The molecule has 0 aromatic heterocycles. The molecule has 0 amide bonds. The van der Waals surface area contributed by atoms with Crippen LogP contribution in [0, 0.1) is 0 Å². The normalized spacial score (nSPS) is 18.2. The predicted molar refractivity (Wildman–Crippen MR) is 37.1 cm³/mol. The SMILES string of the molecule is CC=CCC(C)(O)CO. The highest BCUT2D eigenvalue weighted by Crippen LogP contribution is 2.07. The highest BCUT2D eigenvalue weighted by molar-refractivity contribution is 4.86. The van der Waals surface area contributed by atoms with Gasteiger partial charge in [-0.2, -0.15) is 0 Å². The molecule has 1 atom stereocenters. The fourth-order valence-corrected chi connectivity index (χ4v) is 0.436. The van der Waals surface area contributed by atoms with Gasteiger partial charge >= 0.3 is 0 Å². The molecule has 54 valence electrons. The average molecular weight is 130 g/mol. The Bertz CT molecular complexity index is 95.1. The van der Waals surface area contributed by atoms with Crippen LogP contribution in [0.1, 0.15) is 20.3 Å². The van der Waals surface area contributed by atoms with Crippen LogP contribution in [0.3, 0.4) is 0 Å². The number of aliphatic hydroxyl groups is 2. The van der Waals surface area contributed by atoms with Gasteiger partial charge in [-0.25, -0.2) is 0 Å². The van der Waals surface area contributed by atoms with Gasteiger partial charge in [0.2, 0.25) is 0 Å². The highest BCUT2D eigenvalue weighted by Gasteiger charge is 2.15. The third-order valence-corrected chi connectivity index (χ3v) is 1.13. The van der Waals surface area contributed by atoms with E-state index in [-0.39, 0.29) is 6.61 Å². The first-order valence-corrected chi connectivity index (χ1v) is 3.07. The van der Waals surface area contributed by atoms with Crippen molar-refractivity contribution < 1.29 is 10.2 Å². The Kier molecular flexibility index (Phi) is 3.50. The summed E-state index contributed by atoms with van der Waals surface area (Å²) in [6.07, 6.45) is 4.19. The van der Waals surface area contributed by atoms with Crippen molar-refractivity contribution in [2.24, 2.45) is 0 Å². The Morgan fingerprint density at radius 3 is 2.44 bits per heavy atom. The molecule has 0 aromatic rings. The average Bonchev–Trinajstić information content (AvgIpc) is 1.84. The highest BCUT2D eigenvalue weighted by atomic mass is 16.3. The molecular weight excluding hydrogens is 116 g/mol. The van der Waals surface area contributed by atoms with Crippen LogP contribution < -0.4 is 0 Å². The van der Waals surface area contributed by atoms with Gasteiger partial charge in [-0.05, 0) is 20.3 Å². The zero-order chi connectivity index (χ0) is 7.33. The number of rotatable bonds is 3. The van der Waals surface area contributed by atoms with E-state index in [1.54, 1.807) is 6.92 Å². The van der Waals surface area contributed by atoms with Crippen molar-refractivity contribution in [2.75, 3.05) is 6.61 Å². The van der Waals surface area contributed by atoms with Crippen LogP contribution in [0.5, 0.6) is 0 Å². The summed E-state index contributed by atoms with van der Waals surface area (Å²) in [4.78, 5) is 0. The second-order valence-corrected chi connectivity index (χ2v) is 2.43. The molecule has 9 heavy (non-hydrogen) atoms. The smallest absolute Gasteiger partial charge is 0.0883 e. The summed E-state index contributed by atoms with van der Waals surface area (Å²) in [5, 5.41) is 17.7. The molecule has 2 nitrogen and oxygen atoms in total. The van der Waals surface area contributed by atoms with Crippen molar-refractivity contribution in [1.29, 1.82) is 0 Å². The first-order valence-electron chi connectivity index (χ1n) is 3.07. The van der Waals surface area contributed by atoms with Gasteiger partial charge in [0.05, 0.1) is 12.2 Å². The molecule has 0 fully saturated rings. The summed E-state index contributed by atoms with van der Waals surface area (Å²) in [6.45, 7) is 3.30. The lowest BCUT2D eigenvalue weighted by atomic mass is 10.0. The zero-order valence-electron chi connectivity index (χ0n) is 5.96. The minimum absolute atomic E-state index is 0.183. The lowest BCUT2D eigenvalue weighted by Gasteiger charge is -2.16. The Hall–Kier alpha value is -0.340. The van der Waals surface area contributed by atoms with Gasteiger partial charge in [0.1, 0.15) is 0 Å². The Morgan fingerprint density at radius 1 is 1.56 bits per heavy atom. The molecule has 0 aliphatic rings. The molecule has 0 aliphatic carbocycles. The molecule has 0 heterocycles. The van der Waals surface area contributed by atoms with Gasteiger partial charge in [0, 0.05) is 0 Å². The Morgan fingerprint density at radius 2 is 2.11 bits per heavy atom. The first kappa shape index (κ1) is 8.66. The van der Waals surface area contributed by atoms with Gasteiger partial charge in [-0.15, -0.1) is 0 Å². The molecule has 0 saturated carbocycles. The van der Waals surface area contributed by atoms with Crippen molar-refractivity contribution in [1.82, 2.24) is 0 Å². The second-order valence-electron chi connectivity index (χ2n) is 2.43. The number of aliphatic hydroxyl groups excluding tert-OH is 1. The Balaban J connectivity index is 3.58. The van der Waals surface area contributed by atoms with Crippen LogP contribution in [0.25, 0.3) is 0 Å². The van der Waals surface area contributed by atoms with Gasteiger partial charge in [0.15, 0.2) is 0 Å². The lowest BCUT2D eigenvalue weighted by molar-refractivity contribution is 0.00450. The topological polar surface area (TPSA) is 40.5 Å². The van der Waals surface area contributed by atoms with Crippen molar-refractivity contribution in [3.05, 3.63) is 12.2 Å². The van der Waals surface area contributed by atoms with Gasteiger partial charge in [0.25, 0.3) is 0 Å². The molecule has 1 unspecified atom stereocenters. The van der Waals surface area contributed by atoms with Gasteiger partial charge in [-0.3, -0.25) is 0 Å². The summed E-state index contributed by atoms with van der Waals surface area (Å²) in [5.41, 5.74) is -0.938. The van der Waals surface area contributed by atoms with Crippen LogP contribution in [0.15, 0.2) is 12.2 Å². The quantitative estimate of drug-likeness (QED) is 0.552. The molecule has 0 aliphatic heterocycles. The van der Waals surface area contributed by atoms with E-state index in [1.165, 1.54) is 0 Å². The lowest BCUT2D eigenvalue weighted by Crippen LogP contribution is -2.27. The maximum atomic E-state index is 9.15. The van der Waals surface area contributed by atoms with Crippen LogP contribution in [0.4, 0.5) is 0 Å². The molecule has 2 heteroatoms. The molecule has 0 radical (unpaired) electrons. The minimum atomic E-state index is -0.938. The van der Waals surface area contributed by atoms with Crippen LogP contribution >= 0.6 is 0 Å². The summed E-state index contributed by atoms with van der Waals surface area (Å²) in [7, 11) is 0. The van der Waals surface area contributed by atoms with Crippen molar-refractivity contribution in [3.63, 3.8) is 0 Å². The number of allylic oxidation sites excluding steroid dienone is 1. The zero-order valence-corrected chi connectivity index (χ0v) is 5.96. The van der Waals surface area contributed by atoms with E-state index >= 15 is 0 Å². The first-order chi connectivity index (χ1) is 4.12. The van der Waals surface area contributed by atoms with E-state index < -0.39 is 5.60 Å². The monoisotopic (exact) mass is 130 g/mol. The third kappa shape index (κ3) is 4.18. The van der Waals surface area contributed by atoms with E-state index in [0.717, 1.165) is 0 Å². The second kappa shape index (κ2) is 3.64. The summed E-state index contributed by atoms with van der Waals surface area (Å²) in [6, 6.07) is 0. The van der Waals surface area contributed by atoms with Gasteiger partial charge in [-0.1, -0.05) is 12.2 Å². The summed E-state index contributed by atoms with van der Waals surface area (Å²) >= 11 is 0. The van der Waals surface area contributed by atoms with E-state index in [4.69, 9.17) is 10.2 Å². The molecule has 0 spiro atoms. The molecule has 0 rings (SSSR count). The fraction of sp³-hybridized carbons (Fsp3) is 0.714. The maximum Gasteiger partial charge on any atom is 0.0883 e. The van der Waals surface area contributed by atoms with Crippen molar-refractivity contribution in [3.8, 4) is 0 Å². The molecule has 0 aromatic carbocycles. The third-order valence-electron chi connectivity index (χ3n) is 1.13. The van der Waals surface area contributed by atoms with E-state index in [2.05, 4.69) is 0 Å². The van der Waals surface area contributed by atoms with Crippen LogP contribution in [-0.4, -0.2) is 22.4 Å². The predicted octanol–water partition coefficient (Wildman–Crippen LogP) is 0.696. The van der Waals surface area contributed by atoms with Crippen LogP contribution in [-0.2, 0) is 0 Å². The van der Waals surface area contributed by atoms with Crippen molar-refractivity contribution in [2.45, 2.75) is 25.9 Å². The van der Waals surface area contributed by atoms with E-state index in [9.17, 15) is 0 Å². The number of hydrogen-bond donors (Lipinski definition) is 2.